The molecule has 9 aromatic rings. The Bertz CT molecular complexity index is 2740. The monoisotopic (exact) mass is 669 g/mol. The molecule has 0 radical (unpaired) electrons. The number of hydrogen-bond donors (Lipinski definition) is 0. The first-order valence-electron chi connectivity index (χ1n) is 17.1. The molecule has 0 amide bonds. The van der Waals surface area contributed by atoms with Crippen molar-refractivity contribution in [3.63, 3.8) is 0 Å². The minimum absolute atomic E-state index is 0.487. The Morgan fingerprint density at radius 2 is 0.922 bits per heavy atom. The smallest absolute Gasteiger partial charge is 0.164 e. The Morgan fingerprint density at radius 3 is 1.57 bits per heavy atom. The number of nitrogens with zero attached hydrogens (tertiary/aromatic N) is 3. The van der Waals surface area contributed by atoms with E-state index in [1.807, 2.05) is 72.0 Å². The molecule has 0 bridgehead atoms. The molecule has 0 unspecified atom stereocenters. The summed E-state index contributed by atoms with van der Waals surface area (Å²) >= 11 is 1.82. The summed E-state index contributed by atoms with van der Waals surface area (Å²) in [4.78, 5) is 14.9. The van der Waals surface area contributed by atoms with Gasteiger partial charge in [-0.1, -0.05) is 127 Å². The zero-order chi connectivity index (χ0) is 33.5. The van der Waals surface area contributed by atoms with Crippen LogP contribution < -0.4 is 4.74 Å². The Kier molecular flexibility index (Phi) is 6.01. The average molecular weight is 670 g/mol. The van der Waals surface area contributed by atoms with Crippen molar-refractivity contribution in [3.8, 4) is 56.8 Å². The quantitative estimate of drug-likeness (QED) is 0.188. The van der Waals surface area contributed by atoms with E-state index in [4.69, 9.17) is 19.7 Å². The fraction of sp³-hybridized carbons (Fsp3) is 0.0217. The van der Waals surface area contributed by atoms with Crippen molar-refractivity contribution >= 4 is 31.5 Å². The first kappa shape index (κ1) is 28.4. The van der Waals surface area contributed by atoms with Gasteiger partial charge in [0.2, 0.25) is 0 Å². The lowest BCUT2D eigenvalue weighted by molar-refractivity contribution is 0.437. The summed E-state index contributed by atoms with van der Waals surface area (Å²) in [7, 11) is 0. The molecule has 0 atom stereocenters. The van der Waals surface area contributed by atoms with Crippen LogP contribution in [0.15, 0.2) is 164 Å². The van der Waals surface area contributed by atoms with Gasteiger partial charge in [-0.2, -0.15) is 0 Å². The van der Waals surface area contributed by atoms with Gasteiger partial charge in [0.1, 0.15) is 11.5 Å². The van der Waals surface area contributed by atoms with Crippen LogP contribution in [0.3, 0.4) is 0 Å². The number of aromatic nitrogens is 3. The van der Waals surface area contributed by atoms with Gasteiger partial charge in [-0.3, -0.25) is 0 Å². The molecule has 2 aliphatic rings. The lowest BCUT2D eigenvalue weighted by atomic mass is 9.66. The second-order valence-corrected chi connectivity index (χ2v) is 14.2. The molecule has 2 aromatic heterocycles. The van der Waals surface area contributed by atoms with Crippen LogP contribution in [-0.2, 0) is 5.41 Å². The summed E-state index contributed by atoms with van der Waals surface area (Å²) in [5.41, 5.74) is 9.86. The third kappa shape index (κ3) is 4.10. The predicted octanol–water partition coefficient (Wildman–Crippen LogP) is 11.7. The first-order valence-corrected chi connectivity index (χ1v) is 17.9. The molecule has 0 saturated carbocycles. The molecule has 51 heavy (non-hydrogen) atoms. The van der Waals surface area contributed by atoms with Gasteiger partial charge in [-0.15, -0.1) is 11.3 Å². The minimum Gasteiger partial charge on any atom is -0.457 e. The highest BCUT2D eigenvalue weighted by Gasteiger charge is 2.51. The molecule has 11 rings (SSSR count). The van der Waals surface area contributed by atoms with E-state index in [9.17, 15) is 0 Å². The normalized spacial score (nSPS) is 13.4. The van der Waals surface area contributed by atoms with Crippen molar-refractivity contribution in [3.05, 3.63) is 186 Å². The Labute approximate surface area is 298 Å². The van der Waals surface area contributed by atoms with Crippen LogP contribution in [0, 0.1) is 0 Å². The number of benzene rings is 7. The number of thiophene rings is 1. The Morgan fingerprint density at radius 1 is 0.392 bits per heavy atom. The average Bonchev–Trinajstić information content (AvgIpc) is 3.71. The standard InChI is InChI=1S/C46H27N3OS/c1-3-13-28(14-4-1)43-47-44(29-15-5-2-6-16-29)49-45(48-43)30-23-24-41-33(25-30)34-26-40-38(27-42(34)51-41)46(37-21-11-12-22-39(37)50-40)35-19-9-7-17-31(35)32-18-8-10-20-36(32)46/h1-27H. The third-order valence-electron chi connectivity index (χ3n) is 10.4. The lowest BCUT2D eigenvalue weighted by Gasteiger charge is -2.39. The Balaban J connectivity index is 1.13. The molecule has 0 saturated heterocycles. The summed E-state index contributed by atoms with van der Waals surface area (Å²) in [5.74, 6) is 3.72. The van der Waals surface area contributed by atoms with Crippen molar-refractivity contribution < 1.29 is 4.74 Å². The van der Waals surface area contributed by atoms with E-state index >= 15 is 0 Å². The molecule has 238 valence electrons. The molecular formula is C46H27N3OS. The summed E-state index contributed by atoms with van der Waals surface area (Å²) in [6.07, 6.45) is 0. The minimum atomic E-state index is -0.487. The van der Waals surface area contributed by atoms with Crippen LogP contribution in [0.5, 0.6) is 11.5 Å². The lowest BCUT2D eigenvalue weighted by Crippen LogP contribution is -2.32. The van der Waals surface area contributed by atoms with Crippen LogP contribution in [0.1, 0.15) is 22.3 Å². The zero-order valence-corrected chi connectivity index (χ0v) is 28.1. The highest BCUT2D eigenvalue weighted by Crippen LogP contribution is 2.62. The molecular weight excluding hydrogens is 643 g/mol. The third-order valence-corrected chi connectivity index (χ3v) is 11.5. The van der Waals surface area contributed by atoms with Crippen molar-refractivity contribution in [2.24, 2.45) is 0 Å². The highest BCUT2D eigenvalue weighted by atomic mass is 32.1. The van der Waals surface area contributed by atoms with Crippen molar-refractivity contribution in [1.82, 2.24) is 15.0 Å². The molecule has 5 heteroatoms. The van der Waals surface area contributed by atoms with E-state index < -0.39 is 5.41 Å². The molecule has 0 N–H and O–H groups in total. The van der Waals surface area contributed by atoms with Gasteiger partial charge in [-0.05, 0) is 58.7 Å². The van der Waals surface area contributed by atoms with E-state index in [0.29, 0.717) is 17.5 Å². The number of fused-ring (bicyclic) bond motifs is 12. The van der Waals surface area contributed by atoms with E-state index in [1.165, 1.54) is 42.8 Å². The van der Waals surface area contributed by atoms with Crippen LogP contribution in [0.2, 0.25) is 0 Å². The molecule has 1 aliphatic heterocycles. The highest BCUT2D eigenvalue weighted by molar-refractivity contribution is 7.25. The maximum Gasteiger partial charge on any atom is 0.164 e. The van der Waals surface area contributed by atoms with Gasteiger partial charge in [-0.25, -0.2) is 15.0 Å². The van der Waals surface area contributed by atoms with Crippen molar-refractivity contribution in [1.29, 1.82) is 0 Å². The fourth-order valence-electron chi connectivity index (χ4n) is 8.20. The van der Waals surface area contributed by atoms with Crippen molar-refractivity contribution in [2.75, 3.05) is 0 Å². The largest absolute Gasteiger partial charge is 0.457 e. The summed E-state index contributed by atoms with van der Waals surface area (Å²) in [5, 5.41) is 2.31. The topological polar surface area (TPSA) is 47.9 Å². The molecule has 7 aromatic carbocycles. The van der Waals surface area contributed by atoms with Gasteiger partial charge >= 0.3 is 0 Å². The number of rotatable bonds is 3. The van der Waals surface area contributed by atoms with Crippen molar-refractivity contribution in [2.45, 2.75) is 5.41 Å². The number of hydrogen-bond acceptors (Lipinski definition) is 5. The first-order chi connectivity index (χ1) is 25.3. The van der Waals surface area contributed by atoms with Gasteiger partial charge in [0.15, 0.2) is 17.5 Å². The molecule has 1 aliphatic carbocycles. The van der Waals surface area contributed by atoms with E-state index in [-0.39, 0.29) is 0 Å². The SMILES string of the molecule is c1ccc(-c2nc(-c3ccccc3)nc(-c3ccc4sc5cc6c(cc5c4c3)Oc3ccccc3C63c4ccccc4-c4ccccc43)n2)cc1. The zero-order valence-electron chi connectivity index (χ0n) is 27.2. The fourth-order valence-corrected chi connectivity index (χ4v) is 9.31. The summed E-state index contributed by atoms with van der Waals surface area (Å²) in [6, 6.07) is 57.7. The van der Waals surface area contributed by atoms with E-state index in [2.05, 4.69) is 103 Å². The van der Waals surface area contributed by atoms with Gasteiger partial charge in [0, 0.05) is 48.0 Å². The predicted molar refractivity (Wildman–Crippen MR) is 206 cm³/mol. The van der Waals surface area contributed by atoms with Crippen LogP contribution >= 0.6 is 11.3 Å². The van der Waals surface area contributed by atoms with Gasteiger partial charge in [0.05, 0.1) is 5.41 Å². The second-order valence-electron chi connectivity index (χ2n) is 13.1. The Hall–Kier alpha value is -6.43. The molecule has 0 fully saturated rings. The van der Waals surface area contributed by atoms with Crippen LogP contribution in [0.25, 0.3) is 65.5 Å². The molecule has 1 spiro atoms. The molecule has 3 heterocycles. The van der Waals surface area contributed by atoms with Gasteiger partial charge in [0.25, 0.3) is 0 Å². The van der Waals surface area contributed by atoms with Crippen LogP contribution in [0.4, 0.5) is 0 Å². The van der Waals surface area contributed by atoms with E-state index in [1.54, 1.807) is 0 Å². The summed E-state index contributed by atoms with van der Waals surface area (Å²) < 4.78 is 9.26. The maximum atomic E-state index is 6.84. The second kappa shape index (κ2) is 10.8. The maximum absolute atomic E-state index is 6.84. The van der Waals surface area contributed by atoms with E-state index in [0.717, 1.165) is 39.0 Å². The summed E-state index contributed by atoms with van der Waals surface area (Å²) in [6.45, 7) is 0. The molecule has 4 nitrogen and oxygen atoms in total. The van der Waals surface area contributed by atoms with Gasteiger partial charge < -0.3 is 4.74 Å². The van der Waals surface area contributed by atoms with Crippen LogP contribution in [-0.4, -0.2) is 15.0 Å². The number of ether oxygens (including phenoxy) is 1. The number of para-hydroxylation sites is 1.